The summed E-state index contributed by atoms with van der Waals surface area (Å²) in [6, 6.07) is 16.6. The lowest BCUT2D eigenvalue weighted by Gasteiger charge is -2.14. The van der Waals surface area contributed by atoms with E-state index in [-0.39, 0.29) is 0 Å². The van der Waals surface area contributed by atoms with E-state index in [1.807, 2.05) is 18.2 Å². The van der Waals surface area contributed by atoms with Gasteiger partial charge in [-0.1, -0.05) is 54.1 Å². The number of benzene rings is 2. The SMILES string of the molecule is CN(C)Cc1ccccc1Cc1ccccc1Cl. The molecular formula is C16H18ClN. The second-order valence-corrected chi connectivity index (χ2v) is 5.18. The Morgan fingerprint density at radius 2 is 1.39 bits per heavy atom. The molecule has 0 spiro atoms. The molecule has 18 heavy (non-hydrogen) atoms. The molecule has 2 aromatic rings. The van der Waals surface area contributed by atoms with Gasteiger partial charge in [0, 0.05) is 11.6 Å². The molecule has 2 aromatic carbocycles. The molecule has 0 saturated heterocycles. The molecule has 0 unspecified atom stereocenters. The first-order valence-electron chi connectivity index (χ1n) is 6.11. The topological polar surface area (TPSA) is 3.24 Å². The zero-order valence-corrected chi connectivity index (χ0v) is 11.6. The Morgan fingerprint density at radius 1 is 0.833 bits per heavy atom. The van der Waals surface area contributed by atoms with Crippen LogP contribution in [0.15, 0.2) is 48.5 Å². The highest BCUT2D eigenvalue weighted by atomic mass is 35.5. The smallest absolute Gasteiger partial charge is 0.0441 e. The first-order chi connectivity index (χ1) is 8.66. The van der Waals surface area contributed by atoms with Crippen LogP contribution < -0.4 is 0 Å². The fraction of sp³-hybridized carbons (Fsp3) is 0.250. The third kappa shape index (κ3) is 3.34. The fourth-order valence-corrected chi connectivity index (χ4v) is 2.27. The van der Waals surface area contributed by atoms with Crippen LogP contribution in [0.25, 0.3) is 0 Å². The minimum Gasteiger partial charge on any atom is -0.305 e. The maximum atomic E-state index is 6.22. The van der Waals surface area contributed by atoms with Crippen molar-refractivity contribution in [1.82, 2.24) is 4.90 Å². The van der Waals surface area contributed by atoms with Crippen LogP contribution in [0.4, 0.5) is 0 Å². The van der Waals surface area contributed by atoms with Crippen molar-refractivity contribution in [3.63, 3.8) is 0 Å². The van der Waals surface area contributed by atoms with Gasteiger partial charge in [-0.2, -0.15) is 0 Å². The second kappa shape index (κ2) is 6.03. The summed E-state index contributed by atoms with van der Waals surface area (Å²) in [5.74, 6) is 0. The van der Waals surface area contributed by atoms with E-state index < -0.39 is 0 Å². The van der Waals surface area contributed by atoms with Crippen LogP contribution >= 0.6 is 11.6 Å². The third-order valence-electron chi connectivity index (χ3n) is 2.94. The zero-order valence-electron chi connectivity index (χ0n) is 10.9. The van der Waals surface area contributed by atoms with Crippen LogP contribution in [0.1, 0.15) is 16.7 Å². The summed E-state index contributed by atoms with van der Waals surface area (Å²) in [5, 5.41) is 0.845. The van der Waals surface area contributed by atoms with E-state index in [2.05, 4.69) is 49.3 Å². The molecule has 0 saturated carbocycles. The minimum absolute atomic E-state index is 0.845. The van der Waals surface area contributed by atoms with Gasteiger partial charge < -0.3 is 4.90 Å². The summed E-state index contributed by atoms with van der Waals surface area (Å²) in [7, 11) is 4.18. The van der Waals surface area contributed by atoms with Gasteiger partial charge in [0.1, 0.15) is 0 Å². The largest absolute Gasteiger partial charge is 0.305 e. The first kappa shape index (κ1) is 13.1. The highest BCUT2D eigenvalue weighted by Crippen LogP contribution is 2.21. The van der Waals surface area contributed by atoms with Crippen molar-refractivity contribution in [2.24, 2.45) is 0 Å². The molecule has 2 rings (SSSR count). The number of nitrogens with zero attached hydrogens (tertiary/aromatic N) is 1. The first-order valence-corrected chi connectivity index (χ1v) is 6.49. The maximum Gasteiger partial charge on any atom is 0.0441 e. The average molecular weight is 260 g/mol. The predicted octanol–water partition coefficient (Wildman–Crippen LogP) is 3.99. The maximum absolute atomic E-state index is 6.22. The molecule has 94 valence electrons. The molecule has 1 nitrogen and oxygen atoms in total. The number of rotatable bonds is 4. The van der Waals surface area contributed by atoms with E-state index in [1.165, 1.54) is 16.7 Å². The molecule has 0 aliphatic rings. The lowest BCUT2D eigenvalue weighted by atomic mass is 9.99. The Balaban J connectivity index is 2.26. The van der Waals surface area contributed by atoms with Crippen molar-refractivity contribution in [3.05, 3.63) is 70.2 Å². The summed E-state index contributed by atoms with van der Waals surface area (Å²) < 4.78 is 0. The van der Waals surface area contributed by atoms with Gasteiger partial charge in [0.2, 0.25) is 0 Å². The summed E-state index contributed by atoms with van der Waals surface area (Å²) in [4.78, 5) is 2.19. The molecule has 0 aromatic heterocycles. The molecule has 2 heteroatoms. The monoisotopic (exact) mass is 259 g/mol. The van der Waals surface area contributed by atoms with Crippen LogP contribution in [0.2, 0.25) is 5.02 Å². The molecule has 0 radical (unpaired) electrons. The van der Waals surface area contributed by atoms with Crippen LogP contribution in [-0.4, -0.2) is 19.0 Å². The summed E-state index contributed by atoms with van der Waals surface area (Å²) in [5.41, 5.74) is 3.90. The normalized spacial score (nSPS) is 10.9. The lowest BCUT2D eigenvalue weighted by Crippen LogP contribution is -2.12. The van der Waals surface area contributed by atoms with Crippen molar-refractivity contribution >= 4 is 11.6 Å². The highest BCUT2D eigenvalue weighted by Gasteiger charge is 2.06. The molecule has 0 amide bonds. The van der Waals surface area contributed by atoms with Gasteiger partial charge in [-0.3, -0.25) is 0 Å². The number of hydrogen-bond donors (Lipinski definition) is 0. The Morgan fingerprint density at radius 3 is 2.00 bits per heavy atom. The van der Waals surface area contributed by atoms with Crippen LogP contribution in [0, 0.1) is 0 Å². The molecule has 0 aliphatic carbocycles. The van der Waals surface area contributed by atoms with Crippen molar-refractivity contribution in [2.45, 2.75) is 13.0 Å². The highest BCUT2D eigenvalue weighted by molar-refractivity contribution is 6.31. The van der Waals surface area contributed by atoms with E-state index in [9.17, 15) is 0 Å². The molecule has 0 N–H and O–H groups in total. The summed E-state index contributed by atoms with van der Waals surface area (Å²) in [6.45, 7) is 0.959. The van der Waals surface area contributed by atoms with E-state index in [1.54, 1.807) is 0 Å². The Bertz CT molecular complexity index is 520. The predicted molar refractivity (Wildman–Crippen MR) is 78.1 cm³/mol. The van der Waals surface area contributed by atoms with E-state index in [4.69, 9.17) is 11.6 Å². The van der Waals surface area contributed by atoms with Crippen LogP contribution in [-0.2, 0) is 13.0 Å². The third-order valence-corrected chi connectivity index (χ3v) is 3.31. The van der Waals surface area contributed by atoms with Crippen LogP contribution in [0.3, 0.4) is 0 Å². The lowest BCUT2D eigenvalue weighted by molar-refractivity contribution is 0.401. The van der Waals surface area contributed by atoms with Gasteiger partial charge in [0.15, 0.2) is 0 Å². The average Bonchev–Trinajstić information content (AvgIpc) is 2.34. The quantitative estimate of drug-likeness (QED) is 0.803. The van der Waals surface area contributed by atoms with Gasteiger partial charge in [-0.05, 0) is 43.3 Å². The van der Waals surface area contributed by atoms with Crippen molar-refractivity contribution in [2.75, 3.05) is 14.1 Å². The van der Waals surface area contributed by atoms with Gasteiger partial charge in [-0.15, -0.1) is 0 Å². The summed E-state index contributed by atoms with van der Waals surface area (Å²) >= 11 is 6.22. The van der Waals surface area contributed by atoms with Gasteiger partial charge in [0.05, 0.1) is 0 Å². The number of hydrogen-bond acceptors (Lipinski definition) is 1. The Hall–Kier alpha value is -1.31. The molecule has 0 bridgehead atoms. The molecule has 0 aliphatic heterocycles. The fourth-order valence-electron chi connectivity index (χ4n) is 2.07. The molecule has 0 heterocycles. The van der Waals surface area contributed by atoms with E-state index in [0.717, 1.165) is 18.0 Å². The van der Waals surface area contributed by atoms with Gasteiger partial charge in [-0.25, -0.2) is 0 Å². The Labute approximate surface area is 114 Å². The standard InChI is InChI=1S/C16H18ClN/c1-18(2)12-15-9-4-3-7-13(15)11-14-8-5-6-10-16(14)17/h3-10H,11-12H2,1-2H3. The number of halogens is 1. The minimum atomic E-state index is 0.845. The zero-order chi connectivity index (χ0) is 13.0. The second-order valence-electron chi connectivity index (χ2n) is 4.77. The van der Waals surface area contributed by atoms with Crippen molar-refractivity contribution in [1.29, 1.82) is 0 Å². The summed E-state index contributed by atoms with van der Waals surface area (Å²) in [6.07, 6.45) is 0.893. The van der Waals surface area contributed by atoms with E-state index >= 15 is 0 Å². The van der Waals surface area contributed by atoms with E-state index in [0.29, 0.717) is 0 Å². The van der Waals surface area contributed by atoms with Crippen LogP contribution in [0.5, 0.6) is 0 Å². The molecular weight excluding hydrogens is 242 g/mol. The van der Waals surface area contributed by atoms with Crippen molar-refractivity contribution in [3.8, 4) is 0 Å². The van der Waals surface area contributed by atoms with Gasteiger partial charge >= 0.3 is 0 Å². The molecule has 0 fully saturated rings. The van der Waals surface area contributed by atoms with Gasteiger partial charge in [0.25, 0.3) is 0 Å². The van der Waals surface area contributed by atoms with Crippen molar-refractivity contribution < 1.29 is 0 Å². The Kier molecular flexibility index (Phi) is 4.40. The molecule has 0 atom stereocenters.